The van der Waals surface area contributed by atoms with E-state index in [2.05, 4.69) is 53.5 Å². The van der Waals surface area contributed by atoms with Crippen LogP contribution in [0.15, 0.2) is 48.6 Å². The third kappa shape index (κ3) is 8.06. The monoisotopic (exact) mass is 424 g/mol. The second-order valence-electron chi connectivity index (χ2n) is 10.0. The molecule has 2 heteroatoms. The first-order valence-corrected chi connectivity index (χ1v) is 13.6. The molecule has 0 amide bonds. The van der Waals surface area contributed by atoms with Gasteiger partial charge in [0.1, 0.15) is 0 Å². The van der Waals surface area contributed by atoms with Gasteiger partial charge in [-0.3, -0.25) is 4.90 Å². The third-order valence-corrected chi connectivity index (χ3v) is 7.62. The van der Waals surface area contributed by atoms with E-state index in [0.29, 0.717) is 23.9 Å². The van der Waals surface area contributed by atoms with Crippen molar-refractivity contribution in [1.29, 1.82) is 0 Å². The topological polar surface area (TPSA) is 29.3 Å². The third-order valence-electron chi connectivity index (χ3n) is 7.62. The Balaban J connectivity index is 1.15. The van der Waals surface area contributed by atoms with Crippen molar-refractivity contribution in [2.24, 2.45) is 17.6 Å². The summed E-state index contributed by atoms with van der Waals surface area (Å²) in [5, 5.41) is 0. The fourth-order valence-corrected chi connectivity index (χ4v) is 5.83. The van der Waals surface area contributed by atoms with E-state index in [1.807, 2.05) is 0 Å². The van der Waals surface area contributed by atoms with Crippen molar-refractivity contribution in [3.63, 3.8) is 0 Å². The van der Waals surface area contributed by atoms with Gasteiger partial charge in [0.2, 0.25) is 0 Å². The van der Waals surface area contributed by atoms with Crippen LogP contribution in [0, 0.1) is 11.8 Å². The average Bonchev–Trinajstić information content (AvgIpc) is 3.13. The number of nitrogens with zero attached hydrogens (tertiary/aromatic N) is 1. The summed E-state index contributed by atoms with van der Waals surface area (Å²) in [4.78, 5) is 2.77. The highest BCUT2D eigenvalue weighted by atomic mass is 15.2. The smallest absolute Gasteiger partial charge is 0.0356 e. The Hall–Kier alpha value is -1.12. The zero-order valence-corrected chi connectivity index (χ0v) is 20.0. The maximum Gasteiger partial charge on any atom is 0.0356 e. The van der Waals surface area contributed by atoms with E-state index in [1.165, 1.54) is 103 Å². The molecule has 4 atom stereocenters. The van der Waals surface area contributed by atoms with Gasteiger partial charge in [-0.25, -0.2) is 0 Å². The zero-order valence-electron chi connectivity index (χ0n) is 20.0. The Morgan fingerprint density at radius 1 is 0.452 bits per heavy atom. The highest BCUT2D eigenvalue weighted by molar-refractivity contribution is 5.30. The average molecular weight is 425 g/mol. The van der Waals surface area contributed by atoms with Gasteiger partial charge in [-0.15, -0.1) is 0 Å². The molecule has 0 saturated carbocycles. The Morgan fingerprint density at radius 3 is 1.23 bits per heavy atom. The molecule has 0 spiro atoms. The summed E-state index contributed by atoms with van der Waals surface area (Å²) in [7, 11) is 0. The van der Waals surface area contributed by atoms with Crippen LogP contribution in [0.4, 0.5) is 0 Å². The van der Waals surface area contributed by atoms with E-state index in [4.69, 9.17) is 5.73 Å². The van der Waals surface area contributed by atoms with Gasteiger partial charge in [-0.2, -0.15) is 0 Å². The minimum absolute atomic E-state index is 0.610. The molecule has 1 aliphatic heterocycles. The SMILES string of the molecule is NCCCCCCCCCCCCCCCCCN1C2C=CC=CC2C2C=CC=CC21. The number of hydrogen-bond donors (Lipinski definition) is 1. The van der Waals surface area contributed by atoms with Gasteiger partial charge in [0.15, 0.2) is 0 Å². The predicted octanol–water partition coefficient (Wildman–Crippen LogP) is 7.33. The maximum absolute atomic E-state index is 5.54. The van der Waals surface area contributed by atoms with Crippen LogP contribution in [0.5, 0.6) is 0 Å². The molecule has 3 aliphatic rings. The molecule has 174 valence electrons. The summed E-state index contributed by atoms with van der Waals surface area (Å²) >= 11 is 0. The maximum atomic E-state index is 5.54. The molecule has 1 saturated heterocycles. The van der Waals surface area contributed by atoms with Crippen molar-refractivity contribution in [3.05, 3.63) is 48.6 Å². The Morgan fingerprint density at radius 2 is 0.806 bits per heavy atom. The van der Waals surface area contributed by atoms with Crippen LogP contribution in [0.3, 0.4) is 0 Å². The van der Waals surface area contributed by atoms with Crippen molar-refractivity contribution >= 4 is 0 Å². The van der Waals surface area contributed by atoms with Crippen LogP contribution in [0.2, 0.25) is 0 Å². The Kier molecular flexibility index (Phi) is 11.7. The predicted molar refractivity (Wildman–Crippen MR) is 136 cm³/mol. The lowest BCUT2D eigenvalue weighted by atomic mass is 9.83. The molecule has 0 aromatic carbocycles. The summed E-state index contributed by atoms with van der Waals surface area (Å²) in [6.07, 6.45) is 39.8. The molecule has 2 aliphatic carbocycles. The van der Waals surface area contributed by atoms with Gasteiger partial charge < -0.3 is 5.73 Å². The lowest BCUT2D eigenvalue weighted by Crippen LogP contribution is -2.37. The Bertz CT molecular complexity index is 554. The summed E-state index contributed by atoms with van der Waals surface area (Å²) < 4.78 is 0. The van der Waals surface area contributed by atoms with Crippen LogP contribution in [-0.2, 0) is 0 Å². The van der Waals surface area contributed by atoms with E-state index in [-0.39, 0.29) is 0 Å². The normalized spacial score (nSPS) is 26.5. The molecular weight excluding hydrogens is 376 g/mol. The van der Waals surface area contributed by atoms with E-state index in [9.17, 15) is 0 Å². The summed E-state index contributed by atoms with van der Waals surface area (Å²) in [6, 6.07) is 1.22. The van der Waals surface area contributed by atoms with Gasteiger partial charge in [0.25, 0.3) is 0 Å². The van der Waals surface area contributed by atoms with Crippen LogP contribution in [-0.4, -0.2) is 30.1 Å². The molecule has 4 unspecified atom stereocenters. The fraction of sp³-hybridized carbons (Fsp3) is 0.724. The van der Waals surface area contributed by atoms with Gasteiger partial charge in [0.05, 0.1) is 0 Å². The minimum Gasteiger partial charge on any atom is -0.330 e. The lowest BCUT2D eigenvalue weighted by molar-refractivity contribution is 0.230. The van der Waals surface area contributed by atoms with Crippen LogP contribution in [0.25, 0.3) is 0 Å². The van der Waals surface area contributed by atoms with Crippen LogP contribution < -0.4 is 5.73 Å². The first-order valence-electron chi connectivity index (χ1n) is 13.6. The van der Waals surface area contributed by atoms with E-state index in [1.54, 1.807) is 0 Å². The molecule has 2 N–H and O–H groups in total. The molecule has 31 heavy (non-hydrogen) atoms. The minimum atomic E-state index is 0.610. The van der Waals surface area contributed by atoms with Crippen LogP contribution >= 0.6 is 0 Å². The van der Waals surface area contributed by atoms with Gasteiger partial charge in [0, 0.05) is 23.9 Å². The summed E-state index contributed by atoms with van der Waals surface area (Å²) in [6.45, 7) is 2.12. The molecule has 1 heterocycles. The number of rotatable bonds is 17. The van der Waals surface area contributed by atoms with Crippen molar-refractivity contribution in [3.8, 4) is 0 Å². The largest absolute Gasteiger partial charge is 0.330 e. The molecule has 0 aromatic rings. The van der Waals surface area contributed by atoms with E-state index < -0.39 is 0 Å². The first-order chi connectivity index (χ1) is 15.4. The van der Waals surface area contributed by atoms with Crippen LogP contribution in [0.1, 0.15) is 96.3 Å². The second-order valence-corrected chi connectivity index (χ2v) is 10.0. The number of allylic oxidation sites excluding steroid dienone is 4. The number of hydrogen-bond acceptors (Lipinski definition) is 2. The molecule has 2 nitrogen and oxygen atoms in total. The first kappa shape index (κ1) is 24.5. The van der Waals surface area contributed by atoms with Gasteiger partial charge in [-0.05, 0) is 25.9 Å². The van der Waals surface area contributed by atoms with E-state index >= 15 is 0 Å². The van der Waals surface area contributed by atoms with Crippen molar-refractivity contribution in [2.75, 3.05) is 13.1 Å². The lowest BCUT2D eigenvalue weighted by Gasteiger charge is -2.29. The number of unbranched alkanes of at least 4 members (excludes halogenated alkanes) is 14. The quantitative estimate of drug-likeness (QED) is 0.248. The van der Waals surface area contributed by atoms with Gasteiger partial charge >= 0.3 is 0 Å². The molecular formula is C29H48N2. The summed E-state index contributed by atoms with van der Waals surface area (Å²) in [5.74, 6) is 1.35. The van der Waals surface area contributed by atoms with Crippen molar-refractivity contribution in [2.45, 2.75) is 108 Å². The number of nitrogens with two attached hydrogens (primary N) is 1. The molecule has 0 bridgehead atoms. The summed E-state index contributed by atoms with van der Waals surface area (Å²) in [5.41, 5.74) is 5.54. The zero-order chi connectivity index (χ0) is 21.6. The molecule has 0 aromatic heterocycles. The number of likely N-dealkylation sites (tertiary alicyclic amines) is 1. The Labute approximate surface area is 192 Å². The highest BCUT2D eigenvalue weighted by Crippen LogP contribution is 2.41. The standard InChI is InChI=1S/C29H48N2/c30-24-18-12-10-8-6-4-2-1-3-5-7-9-11-13-19-25-31-28-22-16-14-20-26(28)27-21-15-17-23-29(27)31/h14-17,20-23,26-29H,1-13,18-19,24-25,30H2. The molecule has 0 radical (unpaired) electrons. The second kappa shape index (κ2) is 14.9. The van der Waals surface area contributed by atoms with Crippen molar-refractivity contribution in [1.82, 2.24) is 4.90 Å². The van der Waals surface area contributed by atoms with E-state index in [0.717, 1.165) is 6.54 Å². The molecule has 1 fully saturated rings. The fourth-order valence-electron chi connectivity index (χ4n) is 5.83. The van der Waals surface area contributed by atoms with Gasteiger partial charge in [-0.1, -0.05) is 132 Å². The molecule has 3 rings (SSSR count). The highest BCUT2D eigenvalue weighted by Gasteiger charge is 2.44. The number of fused-ring (bicyclic) bond motifs is 3. The van der Waals surface area contributed by atoms with Crippen molar-refractivity contribution < 1.29 is 0 Å².